The molecule has 0 atom stereocenters. The largest absolute Gasteiger partial charge is 0.396 e. The van der Waals surface area contributed by atoms with E-state index >= 15 is 0 Å². The van der Waals surface area contributed by atoms with Crippen molar-refractivity contribution in [3.63, 3.8) is 0 Å². The summed E-state index contributed by atoms with van der Waals surface area (Å²) < 4.78 is 6.93. The summed E-state index contributed by atoms with van der Waals surface area (Å²) >= 11 is 1.62. The Hall–Kier alpha value is -1.83. The van der Waals surface area contributed by atoms with Crippen LogP contribution in [0.15, 0.2) is 12.4 Å². The van der Waals surface area contributed by atoms with Gasteiger partial charge in [-0.05, 0) is 26.3 Å². The highest BCUT2D eigenvalue weighted by molar-refractivity contribution is 7.25. The van der Waals surface area contributed by atoms with E-state index in [4.69, 9.17) is 14.8 Å². The van der Waals surface area contributed by atoms with Gasteiger partial charge in [0.05, 0.1) is 28.1 Å². The van der Waals surface area contributed by atoms with Crippen molar-refractivity contribution in [3.05, 3.63) is 23.7 Å². The Balaban J connectivity index is 1.81. The second kappa shape index (κ2) is 5.91. The van der Waals surface area contributed by atoms with Crippen LogP contribution in [0, 0.1) is 0 Å². The number of anilines is 1. The van der Waals surface area contributed by atoms with Crippen LogP contribution in [0.3, 0.4) is 0 Å². The predicted molar refractivity (Wildman–Crippen MR) is 95.5 cm³/mol. The second-order valence-electron chi connectivity index (χ2n) is 6.68. The minimum atomic E-state index is -0.166. The summed E-state index contributed by atoms with van der Waals surface area (Å²) in [5.74, 6) is 0.811. The summed E-state index contributed by atoms with van der Waals surface area (Å²) in [4.78, 5) is 14.7. The summed E-state index contributed by atoms with van der Waals surface area (Å²) in [5.41, 5.74) is 3.03. The first kappa shape index (κ1) is 15.7. The standard InChI is InChI=1S/C17H20N4O2S/c1-17(2)7-12-10(8-23-17)6-11-13-14(24-16(11)21-12)15(20-9-19-13)18-4-3-5-22/h6,9,22H,3-5,7-8H2,1-2H3,(H,18,19,20). The molecule has 1 aliphatic rings. The number of aromatic nitrogens is 3. The fourth-order valence-electron chi connectivity index (χ4n) is 3.00. The van der Waals surface area contributed by atoms with E-state index in [1.54, 1.807) is 17.7 Å². The molecular formula is C17H20N4O2S. The van der Waals surface area contributed by atoms with Gasteiger partial charge >= 0.3 is 0 Å². The molecule has 2 N–H and O–H groups in total. The molecular weight excluding hydrogens is 324 g/mol. The Kier molecular flexibility index (Phi) is 3.86. The first-order chi connectivity index (χ1) is 11.6. The molecule has 0 fully saturated rings. The molecule has 1 aliphatic heterocycles. The highest BCUT2D eigenvalue weighted by Crippen LogP contribution is 2.37. The predicted octanol–water partition coefficient (Wildman–Crippen LogP) is 2.89. The molecule has 0 saturated carbocycles. The van der Waals surface area contributed by atoms with E-state index in [0.29, 0.717) is 19.6 Å². The minimum Gasteiger partial charge on any atom is -0.396 e. The average Bonchev–Trinajstić information content (AvgIpc) is 2.90. The molecule has 0 saturated heterocycles. The molecule has 3 aromatic heterocycles. The number of nitrogens with zero attached hydrogens (tertiary/aromatic N) is 3. The molecule has 0 aliphatic carbocycles. The molecule has 126 valence electrons. The molecule has 24 heavy (non-hydrogen) atoms. The van der Waals surface area contributed by atoms with Gasteiger partial charge in [0.25, 0.3) is 0 Å². The van der Waals surface area contributed by atoms with E-state index in [1.165, 1.54) is 0 Å². The second-order valence-corrected chi connectivity index (χ2v) is 7.68. The third kappa shape index (κ3) is 2.72. The van der Waals surface area contributed by atoms with Gasteiger partial charge in [0.1, 0.15) is 17.0 Å². The Morgan fingerprint density at radius 3 is 3.08 bits per heavy atom. The van der Waals surface area contributed by atoms with Crippen LogP contribution in [-0.4, -0.2) is 38.8 Å². The number of rotatable bonds is 4. The summed E-state index contributed by atoms with van der Waals surface area (Å²) in [6.45, 7) is 5.64. The van der Waals surface area contributed by atoms with Gasteiger partial charge < -0.3 is 15.2 Å². The number of fused-ring (bicyclic) bond motifs is 4. The Labute approximate surface area is 143 Å². The molecule has 4 heterocycles. The first-order valence-corrected chi connectivity index (χ1v) is 8.94. The minimum absolute atomic E-state index is 0.164. The van der Waals surface area contributed by atoms with Crippen molar-refractivity contribution in [1.82, 2.24) is 15.0 Å². The van der Waals surface area contributed by atoms with Crippen LogP contribution in [0.25, 0.3) is 20.4 Å². The van der Waals surface area contributed by atoms with E-state index in [2.05, 4.69) is 35.2 Å². The van der Waals surface area contributed by atoms with Crippen molar-refractivity contribution in [2.45, 2.75) is 38.9 Å². The van der Waals surface area contributed by atoms with Gasteiger partial charge in [-0.15, -0.1) is 11.3 Å². The summed E-state index contributed by atoms with van der Waals surface area (Å²) in [6.07, 6.45) is 3.09. The van der Waals surface area contributed by atoms with E-state index in [-0.39, 0.29) is 12.2 Å². The molecule has 0 spiro atoms. The van der Waals surface area contributed by atoms with Crippen LogP contribution in [0.4, 0.5) is 5.82 Å². The number of aliphatic hydroxyl groups excluding tert-OH is 1. The molecule has 0 unspecified atom stereocenters. The van der Waals surface area contributed by atoms with Crippen LogP contribution in [0.1, 0.15) is 31.5 Å². The van der Waals surface area contributed by atoms with E-state index < -0.39 is 0 Å². The fourth-order valence-corrected chi connectivity index (χ4v) is 4.09. The molecule has 0 aromatic carbocycles. The maximum atomic E-state index is 8.94. The Morgan fingerprint density at radius 2 is 2.25 bits per heavy atom. The lowest BCUT2D eigenvalue weighted by Gasteiger charge is -2.30. The van der Waals surface area contributed by atoms with Crippen LogP contribution in [0.2, 0.25) is 0 Å². The SMILES string of the molecule is CC1(C)Cc2nc3sc4c(NCCCO)ncnc4c3cc2CO1. The van der Waals surface area contributed by atoms with Crippen molar-refractivity contribution in [2.24, 2.45) is 0 Å². The van der Waals surface area contributed by atoms with Crippen molar-refractivity contribution >= 4 is 37.6 Å². The third-order valence-corrected chi connectivity index (χ3v) is 5.35. The normalized spacial score (nSPS) is 16.5. The van der Waals surface area contributed by atoms with Gasteiger partial charge in [-0.1, -0.05) is 0 Å². The number of nitrogens with one attached hydrogen (secondary N) is 1. The molecule has 7 heteroatoms. The zero-order valence-electron chi connectivity index (χ0n) is 13.8. The Morgan fingerprint density at radius 1 is 1.38 bits per heavy atom. The van der Waals surface area contributed by atoms with Crippen molar-refractivity contribution in [3.8, 4) is 0 Å². The van der Waals surface area contributed by atoms with Gasteiger partial charge in [-0.25, -0.2) is 15.0 Å². The highest BCUT2D eigenvalue weighted by atomic mass is 32.1. The van der Waals surface area contributed by atoms with Gasteiger partial charge in [-0.3, -0.25) is 0 Å². The Bertz CT molecular complexity index is 906. The van der Waals surface area contributed by atoms with Crippen LogP contribution in [0.5, 0.6) is 0 Å². The average molecular weight is 344 g/mol. The maximum absolute atomic E-state index is 8.94. The third-order valence-electron chi connectivity index (χ3n) is 4.25. The maximum Gasteiger partial charge on any atom is 0.147 e. The van der Waals surface area contributed by atoms with Crippen LogP contribution >= 0.6 is 11.3 Å². The molecule has 4 rings (SSSR count). The zero-order chi connectivity index (χ0) is 16.7. The topological polar surface area (TPSA) is 80.2 Å². The molecule has 0 bridgehead atoms. The van der Waals surface area contributed by atoms with E-state index in [0.717, 1.165) is 43.9 Å². The summed E-state index contributed by atoms with van der Waals surface area (Å²) in [6, 6.07) is 2.16. The lowest BCUT2D eigenvalue weighted by Crippen LogP contribution is -2.32. The zero-order valence-corrected chi connectivity index (χ0v) is 14.6. The number of hydrogen-bond donors (Lipinski definition) is 2. The number of ether oxygens (including phenoxy) is 1. The van der Waals surface area contributed by atoms with Crippen molar-refractivity contribution < 1.29 is 9.84 Å². The number of thiophene rings is 1. The van der Waals surface area contributed by atoms with Gasteiger partial charge in [-0.2, -0.15) is 0 Å². The highest BCUT2D eigenvalue weighted by Gasteiger charge is 2.28. The van der Waals surface area contributed by atoms with E-state index in [9.17, 15) is 0 Å². The molecule has 6 nitrogen and oxygen atoms in total. The molecule has 0 radical (unpaired) electrons. The number of pyridine rings is 1. The summed E-state index contributed by atoms with van der Waals surface area (Å²) in [5, 5.41) is 13.3. The van der Waals surface area contributed by atoms with Crippen LogP contribution < -0.4 is 5.32 Å². The van der Waals surface area contributed by atoms with Crippen molar-refractivity contribution in [2.75, 3.05) is 18.5 Å². The fraction of sp³-hybridized carbons (Fsp3) is 0.471. The smallest absolute Gasteiger partial charge is 0.147 e. The number of hydrogen-bond acceptors (Lipinski definition) is 7. The van der Waals surface area contributed by atoms with Crippen LogP contribution in [-0.2, 0) is 17.8 Å². The van der Waals surface area contributed by atoms with Gasteiger partial charge in [0.15, 0.2) is 0 Å². The van der Waals surface area contributed by atoms with E-state index in [1.807, 2.05) is 0 Å². The number of aliphatic hydroxyl groups is 1. The molecule has 0 amide bonds. The molecule has 3 aromatic rings. The first-order valence-electron chi connectivity index (χ1n) is 8.12. The lowest BCUT2D eigenvalue weighted by atomic mass is 9.95. The summed E-state index contributed by atoms with van der Waals surface area (Å²) in [7, 11) is 0. The lowest BCUT2D eigenvalue weighted by molar-refractivity contribution is -0.0411. The quantitative estimate of drug-likeness (QED) is 0.709. The monoisotopic (exact) mass is 344 g/mol. The van der Waals surface area contributed by atoms with Gasteiger partial charge in [0.2, 0.25) is 0 Å². The van der Waals surface area contributed by atoms with Gasteiger partial charge in [0, 0.05) is 30.5 Å². The van der Waals surface area contributed by atoms with Crippen molar-refractivity contribution in [1.29, 1.82) is 0 Å².